The molecule has 0 saturated heterocycles. The van der Waals surface area contributed by atoms with Crippen molar-refractivity contribution < 1.29 is 23.2 Å². The number of nitrogens with one attached hydrogen (secondary N) is 1. The van der Waals surface area contributed by atoms with Gasteiger partial charge in [-0.05, 0) is 35.9 Å². The average Bonchev–Trinajstić information content (AvgIpc) is 3.21. The summed E-state index contributed by atoms with van der Waals surface area (Å²) in [5.74, 6) is -0.373. The number of ether oxygens (including phenoxy) is 1. The molecule has 1 amide bonds. The first-order valence-corrected chi connectivity index (χ1v) is 10.7. The number of hydrogen-bond acceptors (Lipinski definition) is 7. The Labute approximate surface area is 180 Å². The Morgan fingerprint density at radius 1 is 1.29 bits per heavy atom. The molecular weight excluding hydrogens is 422 g/mol. The molecule has 0 aliphatic rings. The minimum Gasteiger partial charge on any atom is -0.497 e. The molecule has 3 aromatic rings. The van der Waals surface area contributed by atoms with Gasteiger partial charge < -0.3 is 9.30 Å². The fraction of sp³-hybridized carbons (Fsp3) is 0.250. The standard InChI is InChI=1S/C20H23N5O5S/c1-24-13-16(22-14-24)10-19(20(26)23-27)25(12-15-4-3-9-21-11-15)31(28,29)18-7-5-17(30-2)6-8-18/h3-9,11,13-14,19,27H,10,12H2,1-2H3,(H,23,26). The van der Waals surface area contributed by atoms with Gasteiger partial charge in [0.2, 0.25) is 10.0 Å². The van der Waals surface area contributed by atoms with Gasteiger partial charge in [0.1, 0.15) is 11.8 Å². The molecule has 1 atom stereocenters. The lowest BCUT2D eigenvalue weighted by molar-refractivity contribution is -0.133. The Morgan fingerprint density at radius 2 is 2.03 bits per heavy atom. The molecule has 0 bridgehead atoms. The zero-order chi connectivity index (χ0) is 22.4. The van der Waals surface area contributed by atoms with Crippen LogP contribution < -0.4 is 10.2 Å². The van der Waals surface area contributed by atoms with E-state index in [4.69, 9.17) is 4.74 Å². The molecule has 0 aliphatic carbocycles. The monoisotopic (exact) mass is 445 g/mol. The van der Waals surface area contributed by atoms with Gasteiger partial charge in [-0.1, -0.05) is 6.07 Å². The number of rotatable bonds is 9. The zero-order valence-corrected chi connectivity index (χ0v) is 17.9. The summed E-state index contributed by atoms with van der Waals surface area (Å²) in [4.78, 5) is 20.8. The summed E-state index contributed by atoms with van der Waals surface area (Å²) in [6, 6.07) is 7.97. The van der Waals surface area contributed by atoms with Crippen LogP contribution >= 0.6 is 0 Å². The molecule has 2 N–H and O–H groups in total. The van der Waals surface area contributed by atoms with Crippen molar-refractivity contribution in [1.82, 2.24) is 24.3 Å². The smallest absolute Gasteiger partial charge is 0.262 e. The van der Waals surface area contributed by atoms with Gasteiger partial charge >= 0.3 is 0 Å². The van der Waals surface area contributed by atoms with Crippen molar-refractivity contribution in [2.75, 3.05) is 7.11 Å². The minimum absolute atomic E-state index is 0.0195. The third-order valence-electron chi connectivity index (χ3n) is 4.65. The molecule has 3 rings (SSSR count). The molecule has 164 valence electrons. The van der Waals surface area contributed by atoms with Crippen molar-refractivity contribution in [1.29, 1.82) is 0 Å². The fourth-order valence-electron chi connectivity index (χ4n) is 3.09. The molecular formula is C20H23N5O5S. The van der Waals surface area contributed by atoms with Crippen LogP contribution in [-0.4, -0.2) is 51.5 Å². The first-order chi connectivity index (χ1) is 14.8. The van der Waals surface area contributed by atoms with Crippen LogP contribution in [0.25, 0.3) is 0 Å². The molecule has 11 heteroatoms. The number of pyridine rings is 1. The van der Waals surface area contributed by atoms with E-state index >= 15 is 0 Å². The quantitative estimate of drug-likeness (QED) is 0.373. The molecule has 10 nitrogen and oxygen atoms in total. The van der Waals surface area contributed by atoms with Crippen molar-refractivity contribution in [2.45, 2.75) is 23.9 Å². The summed E-state index contributed by atoms with van der Waals surface area (Å²) in [7, 11) is -0.907. The Balaban J connectivity index is 2.06. The van der Waals surface area contributed by atoms with E-state index in [9.17, 15) is 18.4 Å². The first-order valence-electron chi connectivity index (χ1n) is 9.30. The fourth-order valence-corrected chi connectivity index (χ4v) is 4.66. The van der Waals surface area contributed by atoms with Crippen molar-refractivity contribution in [3.05, 3.63) is 72.6 Å². The van der Waals surface area contributed by atoms with Crippen molar-refractivity contribution in [3.8, 4) is 5.75 Å². The van der Waals surface area contributed by atoms with Gasteiger partial charge in [-0.2, -0.15) is 4.31 Å². The van der Waals surface area contributed by atoms with Crippen LogP contribution in [0.5, 0.6) is 5.75 Å². The number of amides is 1. The second-order valence-electron chi connectivity index (χ2n) is 6.81. The second-order valence-corrected chi connectivity index (χ2v) is 8.70. The highest BCUT2D eigenvalue weighted by Gasteiger charge is 2.36. The largest absolute Gasteiger partial charge is 0.497 e. The Kier molecular flexibility index (Phi) is 7.00. The van der Waals surface area contributed by atoms with Gasteiger partial charge in [-0.15, -0.1) is 0 Å². The van der Waals surface area contributed by atoms with Gasteiger partial charge in [0, 0.05) is 38.6 Å². The molecule has 0 saturated carbocycles. The maximum atomic E-state index is 13.6. The number of hydroxylamine groups is 1. The first kappa shape index (κ1) is 22.4. The average molecular weight is 446 g/mol. The molecule has 2 aromatic heterocycles. The number of sulfonamides is 1. The highest BCUT2D eigenvalue weighted by Crippen LogP contribution is 2.25. The van der Waals surface area contributed by atoms with Gasteiger partial charge in [-0.25, -0.2) is 18.9 Å². The Hall–Kier alpha value is -3.28. The lowest BCUT2D eigenvalue weighted by Gasteiger charge is -2.29. The third kappa shape index (κ3) is 5.26. The summed E-state index contributed by atoms with van der Waals surface area (Å²) >= 11 is 0. The van der Waals surface area contributed by atoms with E-state index in [2.05, 4.69) is 9.97 Å². The Morgan fingerprint density at radius 3 is 2.58 bits per heavy atom. The maximum Gasteiger partial charge on any atom is 0.262 e. The van der Waals surface area contributed by atoms with Crippen LogP contribution in [0.2, 0.25) is 0 Å². The topological polar surface area (TPSA) is 127 Å². The second kappa shape index (κ2) is 9.69. The summed E-state index contributed by atoms with van der Waals surface area (Å²) in [6.07, 6.45) is 6.28. The van der Waals surface area contributed by atoms with Crippen LogP contribution in [0.1, 0.15) is 11.3 Å². The van der Waals surface area contributed by atoms with Crippen molar-refractivity contribution in [2.24, 2.45) is 7.05 Å². The molecule has 0 fully saturated rings. The predicted molar refractivity (Wildman–Crippen MR) is 111 cm³/mol. The summed E-state index contributed by atoms with van der Waals surface area (Å²) in [5, 5.41) is 9.33. The van der Waals surface area contributed by atoms with E-state index in [0.717, 1.165) is 4.31 Å². The van der Waals surface area contributed by atoms with E-state index in [1.165, 1.54) is 37.6 Å². The summed E-state index contributed by atoms with van der Waals surface area (Å²) in [6.45, 7) is -0.132. The number of carbonyl (C=O) groups excluding carboxylic acids is 1. The molecule has 1 unspecified atom stereocenters. The van der Waals surface area contributed by atoms with Crippen molar-refractivity contribution >= 4 is 15.9 Å². The highest BCUT2D eigenvalue weighted by atomic mass is 32.2. The van der Waals surface area contributed by atoms with Gasteiger partial charge in [0.05, 0.1) is 24.0 Å². The minimum atomic E-state index is -4.15. The lowest BCUT2D eigenvalue weighted by atomic mass is 10.1. The SMILES string of the molecule is COc1ccc(S(=O)(=O)N(Cc2cccnc2)C(Cc2cn(C)cn2)C(=O)NO)cc1. The highest BCUT2D eigenvalue weighted by molar-refractivity contribution is 7.89. The van der Waals surface area contributed by atoms with Gasteiger partial charge in [0.15, 0.2) is 0 Å². The normalized spacial score (nSPS) is 12.5. The number of methoxy groups -OCH3 is 1. The van der Waals surface area contributed by atoms with Crippen LogP contribution in [-0.2, 0) is 34.8 Å². The summed E-state index contributed by atoms with van der Waals surface area (Å²) in [5.41, 5.74) is 2.66. The van der Waals surface area contributed by atoms with E-state index in [1.54, 1.807) is 47.9 Å². The van der Waals surface area contributed by atoms with Gasteiger partial charge in [-0.3, -0.25) is 15.0 Å². The number of carbonyl (C=O) groups is 1. The molecule has 0 aliphatic heterocycles. The molecule has 2 heterocycles. The molecule has 0 radical (unpaired) electrons. The van der Waals surface area contributed by atoms with E-state index in [-0.39, 0.29) is 17.9 Å². The van der Waals surface area contributed by atoms with Crippen LogP contribution in [0.4, 0.5) is 0 Å². The van der Waals surface area contributed by atoms with Crippen LogP contribution in [0.15, 0.2) is 66.2 Å². The summed E-state index contributed by atoms with van der Waals surface area (Å²) < 4.78 is 35.0. The number of aryl methyl sites for hydroxylation is 1. The number of benzene rings is 1. The predicted octanol–water partition coefficient (Wildman–Crippen LogP) is 1.13. The van der Waals surface area contributed by atoms with Crippen LogP contribution in [0.3, 0.4) is 0 Å². The van der Waals surface area contributed by atoms with E-state index < -0.39 is 22.0 Å². The zero-order valence-electron chi connectivity index (χ0n) is 17.0. The number of nitrogens with zero attached hydrogens (tertiary/aromatic N) is 4. The maximum absolute atomic E-state index is 13.6. The Bertz CT molecular complexity index is 1120. The van der Waals surface area contributed by atoms with Crippen molar-refractivity contribution in [3.63, 3.8) is 0 Å². The van der Waals surface area contributed by atoms with E-state index in [0.29, 0.717) is 17.0 Å². The molecule has 31 heavy (non-hydrogen) atoms. The number of hydrogen-bond donors (Lipinski definition) is 2. The molecule has 1 aromatic carbocycles. The van der Waals surface area contributed by atoms with E-state index in [1.807, 2.05) is 0 Å². The number of imidazole rings is 1. The lowest BCUT2D eigenvalue weighted by Crippen LogP contribution is -2.49. The van der Waals surface area contributed by atoms with Crippen LogP contribution in [0, 0.1) is 0 Å². The third-order valence-corrected chi connectivity index (χ3v) is 6.52. The number of aromatic nitrogens is 3. The van der Waals surface area contributed by atoms with Gasteiger partial charge in [0.25, 0.3) is 5.91 Å². The molecule has 0 spiro atoms.